The van der Waals surface area contributed by atoms with E-state index >= 15 is 0 Å². The average molecular weight is 264 g/mol. The molecule has 0 spiro atoms. The van der Waals surface area contributed by atoms with E-state index in [1.807, 2.05) is 0 Å². The second-order valence-corrected chi connectivity index (χ2v) is 6.54. The lowest BCUT2D eigenvalue weighted by molar-refractivity contribution is 0.597. The van der Waals surface area contributed by atoms with Crippen LogP contribution in [0.2, 0.25) is 0 Å². The number of nitriles is 2. The van der Waals surface area contributed by atoms with Crippen molar-refractivity contribution in [1.82, 2.24) is 0 Å². The van der Waals surface area contributed by atoms with Crippen molar-refractivity contribution in [2.45, 2.75) is 11.2 Å². The third-order valence-electron chi connectivity index (χ3n) is 3.19. The third kappa shape index (κ3) is 1.66. The van der Waals surface area contributed by atoms with E-state index in [4.69, 9.17) is 10.5 Å². The van der Waals surface area contributed by atoms with E-state index in [1.54, 1.807) is 12.1 Å². The fraction of sp³-hybridized carbons (Fsp3) is 0.333. The van der Waals surface area contributed by atoms with Gasteiger partial charge in [-0.3, -0.25) is 0 Å². The Labute approximate surface area is 104 Å². The van der Waals surface area contributed by atoms with E-state index in [2.05, 4.69) is 0 Å². The van der Waals surface area contributed by atoms with Gasteiger partial charge in [0.15, 0.2) is 15.3 Å². The minimum absolute atomic E-state index is 0.449. The van der Waals surface area contributed by atoms with Gasteiger partial charge in [-0.1, -0.05) is 12.1 Å². The highest BCUT2D eigenvalue weighted by Gasteiger charge is 2.72. The smallest absolute Gasteiger partial charge is 0.169 e. The summed E-state index contributed by atoms with van der Waals surface area (Å²) in [7, 11) is -3.51. The zero-order valence-corrected chi connectivity index (χ0v) is 10.3. The van der Waals surface area contributed by atoms with Crippen molar-refractivity contribution in [3.8, 4) is 12.1 Å². The van der Waals surface area contributed by atoms with Gasteiger partial charge in [-0.15, -0.1) is 0 Å². The number of hydrogen-bond acceptors (Lipinski definition) is 4. The molecule has 1 aromatic rings. The van der Waals surface area contributed by atoms with Crippen LogP contribution >= 0.6 is 0 Å². The number of sulfone groups is 1. The van der Waals surface area contributed by atoms with Gasteiger partial charge in [0.05, 0.1) is 12.1 Å². The Hall–Kier alpha value is -1.92. The highest BCUT2D eigenvalue weighted by atomic mass is 32.2. The molecular formula is C12H9FN2O2S. The molecule has 92 valence electrons. The summed E-state index contributed by atoms with van der Waals surface area (Å²) < 4.78 is 36.0. The van der Waals surface area contributed by atoms with Crippen LogP contribution in [-0.4, -0.2) is 19.9 Å². The maximum absolute atomic E-state index is 12.8. The molecule has 18 heavy (non-hydrogen) atoms. The van der Waals surface area contributed by atoms with Crippen LogP contribution in [0.5, 0.6) is 0 Å². The maximum atomic E-state index is 12.8. The Kier molecular flexibility index (Phi) is 2.64. The van der Waals surface area contributed by atoms with Gasteiger partial charge in [0, 0.05) is 12.2 Å². The van der Waals surface area contributed by atoms with Crippen molar-refractivity contribution in [2.24, 2.45) is 5.41 Å². The van der Waals surface area contributed by atoms with Crippen LogP contribution in [0, 0.1) is 33.9 Å². The zero-order chi connectivity index (χ0) is 13.6. The molecular weight excluding hydrogens is 255 g/mol. The fourth-order valence-corrected chi connectivity index (χ4v) is 4.06. The van der Waals surface area contributed by atoms with Crippen LogP contribution < -0.4 is 0 Å². The number of hydrogen-bond donors (Lipinski definition) is 0. The largest absolute Gasteiger partial charge is 0.229 e. The van der Waals surface area contributed by atoms with E-state index < -0.39 is 32.2 Å². The van der Waals surface area contributed by atoms with Crippen molar-refractivity contribution in [2.75, 3.05) is 6.26 Å². The monoisotopic (exact) mass is 264 g/mol. The first kappa shape index (κ1) is 12.5. The first-order chi connectivity index (χ1) is 8.36. The van der Waals surface area contributed by atoms with Crippen LogP contribution in [0.25, 0.3) is 0 Å². The first-order valence-electron chi connectivity index (χ1n) is 5.13. The molecule has 0 N–H and O–H groups in total. The number of rotatable bonds is 2. The number of benzene rings is 1. The van der Waals surface area contributed by atoms with E-state index in [-0.39, 0.29) is 0 Å². The lowest BCUT2D eigenvalue weighted by Gasteiger charge is -1.98. The van der Waals surface area contributed by atoms with Gasteiger partial charge in [0.2, 0.25) is 0 Å². The molecule has 1 saturated carbocycles. The summed E-state index contributed by atoms with van der Waals surface area (Å²) in [5.41, 5.74) is -1.05. The van der Waals surface area contributed by atoms with Crippen molar-refractivity contribution < 1.29 is 12.8 Å². The van der Waals surface area contributed by atoms with Crippen LogP contribution in [0.1, 0.15) is 11.5 Å². The normalized spacial score (nSPS) is 24.9. The van der Waals surface area contributed by atoms with Gasteiger partial charge in [-0.05, 0) is 17.7 Å². The summed E-state index contributed by atoms with van der Waals surface area (Å²) in [5.74, 6) is -1.15. The molecule has 1 fully saturated rings. The third-order valence-corrected chi connectivity index (χ3v) is 4.76. The summed E-state index contributed by atoms with van der Waals surface area (Å²) in [6.45, 7) is 0. The van der Waals surface area contributed by atoms with Gasteiger partial charge >= 0.3 is 0 Å². The standard InChI is InChI=1S/C12H9FN2O2S/c1-18(16,17)11-10(12(11,6-14)7-15)8-2-4-9(13)5-3-8/h2-5,10-11H,1H3. The molecule has 1 aliphatic rings. The highest BCUT2D eigenvalue weighted by Crippen LogP contribution is 2.62. The molecule has 0 aliphatic heterocycles. The molecule has 4 nitrogen and oxygen atoms in total. The minimum atomic E-state index is -3.51. The number of nitrogens with zero attached hydrogens (tertiary/aromatic N) is 2. The van der Waals surface area contributed by atoms with Crippen molar-refractivity contribution >= 4 is 9.84 Å². The average Bonchev–Trinajstić information content (AvgIpc) is 3.00. The lowest BCUT2D eigenvalue weighted by Crippen LogP contribution is -2.11. The molecule has 6 heteroatoms. The van der Waals surface area contributed by atoms with Crippen molar-refractivity contribution in [3.63, 3.8) is 0 Å². The molecule has 0 saturated heterocycles. The van der Waals surface area contributed by atoms with Crippen LogP contribution in [0.3, 0.4) is 0 Å². The molecule has 1 aliphatic carbocycles. The molecule has 0 heterocycles. The predicted molar refractivity (Wildman–Crippen MR) is 61.4 cm³/mol. The van der Waals surface area contributed by atoms with E-state index in [0.717, 1.165) is 6.26 Å². The van der Waals surface area contributed by atoms with Gasteiger partial charge in [-0.2, -0.15) is 10.5 Å². The molecule has 1 aromatic carbocycles. The molecule has 0 radical (unpaired) electrons. The molecule has 0 aromatic heterocycles. The molecule has 0 bridgehead atoms. The Morgan fingerprint density at radius 3 is 2.06 bits per heavy atom. The molecule has 2 atom stereocenters. The maximum Gasteiger partial charge on any atom is 0.169 e. The number of halogens is 1. The van der Waals surface area contributed by atoms with Gasteiger partial charge in [0.25, 0.3) is 0 Å². The quantitative estimate of drug-likeness (QED) is 0.807. The summed E-state index contributed by atoms with van der Waals surface area (Å²) in [5, 5.41) is 17.1. The molecule has 0 amide bonds. The Bertz CT molecular complexity index is 654. The summed E-state index contributed by atoms with van der Waals surface area (Å²) in [4.78, 5) is 0. The SMILES string of the molecule is CS(=O)(=O)C1C(c2ccc(F)cc2)C1(C#N)C#N. The highest BCUT2D eigenvalue weighted by molar-refractivity contribution is 7.91. The van der Waals surface area contributed by atoms with Crippen LogP contribution in [-0.2, 0) is 9.84 Å². The lowest BCUT2D eigenvalue weighted by atomic mass is 10.0. The second kappa shape index (κ2) is 3.79. The minimum Gasteiger partial charge on any atom is -0.229 e. The van der Waals surface area contributed by atoms with Gasteiger partial charge < -0.3 is 0 Å². The van der Waals surface area contributed by atoms with Gasteiger partial charge in [-0.25, -0.2) is 12.8 Å². The summed E-state index contributed by atoms with van der Waals surface area (Å²) in [6.07, 6.45) is 1.00. The van der Waals surface area contributed by atoms with Crippen LogP contribution in [0.15, 0.2) is 24.3 Å². The van der Waals surface area contributed by atoms with Crippen molar-refractivity contribution in [1.29, 1.82) is 10.5 Å². The van der Waals surface area contributed by atoms with E-state index in [9.17, 15) is 12.8 Å². The molecule has 2 rings (SSSR count). The second-order valence-electron chi connectivity index (χ2n) is 4.37. The summed E-state index contributed by atoms with van der Waals surface area (Å²) in [6, 6.07) is 8.77. The van der Waals surface area contributed by atoms with E-state index in [0.29, 0.717) is 5.56 Å². The molecule has 2 unspecified atom stereocenters. The van der Waals surface area contributed by atoms with Crippen molar-refractivity contribution in [3.05, 3.63) is 35.6 Å². The topological polar surface area (TPSA) is 81.7 Å². The summed E-state index contributed by atoms with van der Waals surface area (Å²) >= 11 is 0. The Balaban J connectivity index is 2.50. The predicted octanol–water partition coefficient (Wildman–Crippen LogP) is 1.37. The zero-order valence-electron chi connectivity index (χ0n) is 9.46. The Morgan fingerprint density at radius 1 is 1.22 bits per heavy atom. The fourth-order valence-electron chi connectivity index (χ4n) is 2.34. The van der Waals surface area contributed by atoms with E-state index in [1.165, 1.54) is 24.3 Å². The Morgan fingerprint density at radius 2 is 1.72 bits per heavy atom. The van der Waals surface area contributed by atoms with Gasteiger partial charge in [0.1, 0.15) is 11.1 Å². The van der Waals surface area contributed by atoms with Crippen LogP contribution in [0.4, 0.5) is 4.39 Å². The first-order valence-corrected chi connectivity index (χ1v) is 7.09.